The van der Waals surface area contributed by atoms with E-state index in [1.165, 1.54) is 11.1 Å². The zero-order valence-corrected chi connectivity index (χ0v) is 16.5. The lowest BCUT2D eigenvalue weighted by Gasteiger charge is -2.35. The summed E-state index contributed by atoms with van der Waals surface area (Å²) in [5, 5.41) is 3.18. The molecular formula is C21H29N5O. The van der Waals surface area contributed by atoms with Crippen molar-refractivity contribution in [3.63, 3.8) is 0 Å². The lowest BCUT2D eigenvalue weighted by molar-refractivity contribution is -0.131. The van der Waals surface area contributed by atoms with Crippen molar-refractivity contribution in [2.45, 2.75) is 33.6 Å². The molecule has 1 aliphatic rings. The van der Waals surface area contributed by atoms with E-state index in [1.54, 1.807) is 0 Å². The van der Waals surface area contributed by atoms with E-state index in [0.717, 1.165) is 50.7 Å². The van der Waals surface area contributed by atoms with E-state index in [4.69, 9.17) is 0 Å². The van der Waals surface area contributed by atoms with E-state index >= 15 is 0 Å². The van der Waals surface area contributed by atoms with Gasteiger partial charge >= 0.3 is 0 Å². The van der Waals surface area contributed by atoms with Crippen molar-refractivity contribution in [2.75, 3.05) is 42.9 Å². The number of rotatable bonds is 6. The number of hydrogen-bond acceptors (Lipinski definition) is 5. The van der Waals surface area contributed by atoms with Gasteiger partial charge in [-0.2, -0.15) is 4.98 Å². The van der Waals surface area contributed by atoms with Crippen molar-refractivity contribution in [2.24, 2.45) is 0 Å². The number of carbonyl (C=O) groups is 1. The summed E-state index contributed by atoms with van der Waals surface area (Å²) < 4.78 is 0. The van der Waals surface area contributed by atoms with Gasteiger partial charge in [-0.05, 0) is 32.8 Å². The second-order valence-electron chi connectivity index (χ2n) is 7.08. The topological polar surface area (TPSA) is 61.4 Å². The third kappa shape index (κ3) is 5.18. The summed E-state index contributed by atoms with van der Waals surface area (Å²) in [6.07, 6.45) is 1.37. The van der Waals surface area contributed by atoms with E-state index < -0.39 is 0 Å². The Bertz CT molecular complexity index is 784. The van der Waals surface area contributed by atoms with Crippen LogP contribution in [0.5, 0.6) is 0 Å². The van der Waals surface area contributed by atoms with Gasteiger partial charge in [-0.15, -0.1) is 0 Å². The number of anilines is 2. The summed E-state index contributed by atoms with van der Waals surface area (Å²) >= 11 is 0. The zero-order chi connectivity index (χ0) is 19.2. The van der Waals surface area contributed by atoms with E-state index in [9.17, 15) is 4.79 Å². The van der Waals surface area contributed by atoms with Gasteiger partial charge in [-0.1, -0.05) is 29.8 Å². The highest BCUT2D eigenvalue weighted by Crippen LogP contribution is 2.17. The third-order valence-corrected chi connectivity index (χ3v) is 4.84. The molecule has 1 saturated heterocycles. The van der Waals surface area contributed by atoms with Crippen molar-refractivity contribution in [1.29, 1.82) is 0 Å². The molecule has 3 rings (SSSR count). The number of nitrogens with one attached hydrogen (secondary N) is 1. The number of aromatic nitrogens is 2. The Morgan fingerprint density at radius 2 is 1.89 bits per heavy atom. The number of aryl methyl sites for hydroxylation is 3. The molecule has 2 heterocycles. The molecule has 0 unspecified atom stereocenters. The summed E-state index contributed by atoms with van der Waals surface area (Å²) in [5.41, 5.74) is 3.42. The van der Waals surface area contributed by atoms with Gasteiger partial charge in [0.1, 0.15) is 5.82 Å². The first-order chi connectivity index (χ1) is 13.0. The quantitative estimate of drug-likeness (QED) is 0.851. The summed E-state index contributed by atoms with van der Waals surface area (Å²) in [6, 6.07) is 10.4. The molecule has 2 aromatic rings. The molecule has 6 heteroatoms. The van der Waals surface area contributed by atoms with E-state index in [0.29, 0.717) is 12.4 Å². The number of piperazine rings is 1. The summed E-state index contributed by atoms with van der Waals surface area (Å²) in [4.78, 5) is 25.8. The summed E-state index contributed by atoms with van der Waals surface area (Å²) in [6.45, 7) is 9.99. The lowest BCUT2D eigenvalue weighted by Crippen LogP contribution is -2.49. The number of amides is 1. The van der Waals surface area contributed by atoms with Crippen LogP contribution in [0.3, 0.4) is 0 Å². The van der Waals surface area contributed by atoms with Gasteiger partial charge in [-0.3, -0.25) is 4.79 Å². The van der Waals surface area contributed by atoms with Crippen LogP contribution < -0.4 is 10.2 Å². The molecule has 0 saturated carbocycles. The summed E-state index contributed by atoms with van der Waals surface area (Å²) in [5.74, 6) is 1.85. The van der Waals surface area contributed by atoms with Gasteiger partial charge in [0.25, 0.3) is 0 Å². The molecule has 1 N–H and O–H groups in total. The Hall–Kier alpha value is -2.63. The van der Waals surface area contributed by atoms with Crippen LogP contribution in [-0.4, -0.2) is 53.5 Å². The molecule has 1 amide bonds. The van der Waals surface area contributed by atoms with E-state index in [2.05, 4.69) is 51.4 Å². The molecule has 0 bridgehead atoms. The minimum Gasteiger partial charge on any atom is -0.354 e. The van der Waals surface area contributed by atoms with Crippen LogP contribution in [0.2, 0.25) is 0 Å². The Kier molecular flexibility index (Phi) is 6.27. The molecule has 144 valence electrons. The Labute approximate surface area is 161 Å². The molecule has 27 heavy (non-hydrogen) atoms. The molecule has 1 aromatic carbocycles. The lowest BCUT2D eigenvalue weighted by atomic mass is 10.1. The predicted molar refractivity (Wildman–Crippen MR) is 109 cm³/mol. The molecule has 0 spiro atoms. The van der Waals surface area contributed by atoms with Crippen molar-refractivity contribution in [1.82, 2.24) is 14.9 Å². The van der Waals surface area contributed by atoms with Gasteiger partial charge in [0.15, 0.2) is 0 Å². The monoisotopic (exact) mass is 367 g/mol. The van der Waals surface area contributed by atoms with Crippen LogP contribution >= 0.6 is 0 Å². The first kappa shape index (κ1) is 19.1. The zero-order valence-electron chi connectivity index (χ0n) is 16.5. The van der Waals surface area contributed by atoms with Gasteiger partial charge in [-0.25, -0.2) is 4.98 Å². The minimum atomic E-state index is 0.239. The molecule has 0 radical (unpaired) electrons. The van der Waals surface area contributed by atoms with Crippen LogP contribution in [0.25, 0.3) is 0 Å². The van der Waals surface area contributed by atoms with Crippen LogP contribution in [0.4, 0.5) is 11.8 Å². The molecule has 0 aliphatic carbocycles. The van der Waals surface area contributed by atoms with Crippen LogP contribution in [0, 0.1) is 13.8 Å². The van der Waals surface area contributed by atoms with Crippen molar-refractivity contribution in [3.8, 4) is 0 Å². The molecular weight excluding hydrogens is 338 g/mol. The Morgan fingerprint density at radius 1 is 1.11 bits per heavy atom. The fraction of sp³-hybridized carbons (Fsp3) is 0.476. The van der Waals surface area contributed by atoms with Gasteiger partial charge in [0.05, 0.1) is 0 Å². The largest absolute Gasteiger partial charge is 0.354 e. The van der Waals surface area contributed by atoms with Crippen LogP contribution in [0.1, 0.15) is 30.2 Å². The van der Waals surface area contributed by atoms with Gasteiger partial charge in [0.2, 0.25) is 11.9 Å². The average Bonchev–Trinajstić information content (AvgIpc) is 2.66. The van der Waals surface area contributed by atoms with Crippen LogP contribution in [-0.2, 0) is 11.2 Å². The molecule has 1 fully saturated rings. The minimum absolute atomic E-state index is 0.239. The van der Waals surface area contributed by atoms with Crippen molar-refractivity contribution in [3.05, 3.63) is 47.2 Å². The fourth-order valence-electron chi connectivity index (χ4n) is 3.41. The Balaban J connectivity index is 1.53. The maximum absolute atomic E-state index is 12.6. The number of benzene rings is 1. The number of nitrogens with zero attached hydrogens (tertiary/aromatic N) is 4. The first-order valence-corrected chi connectivity index (χ1v) is 9.73. The van der Waals surface area contributed by atoms with Crippen LogP contribution in [0.15, 0.2) is 30.3 Å². The normalized spacial score (nSPS) is 14.3. The van der Waals surface area contributed by atoms with E-state index in [-0.39, 0.29) is 5.91 Å². The maximum atomic E-state index is 12.6. The van der Waals surface area contributed by atoms with Crippen molar-refractivity contribution >= 4 is 17.7 Å². The number of hydrogen-bond donors (Lipinski definition) is 1. The number of carbonyl (C=O) groups excluding carboxylic acids is 1. The van der Waals surface area contributed by atoms with E-state index in [1.807, 2.05) is 24.8 Å². The third-order valence-electron chi connectivity index (χ3n) is 4.84. The second kappa shape index (κ2) is 8.84. The average molecular weight is 367 g/mol. The summed E-state index contributed by atoms with van der Waals surface area (Å²) in [7, 11) is 0. The second-order valence-corrected chi connectivity index (χ2v) is 7.08. The Morgan fingerprint density at radius 3 is 2.59 bits per heavy atom. The van der Waals surface area contributed by atoms with Gasteiger partial charge in [0, 0.05) is 50.9 Å². The molecule has 0 atom stereocenters. The van der Waals surface area contributed by atoms with Gasteiger partial charge < -0.3 is 15.1 Å². The molecule has 1 aliphatic heterocycles. The smallest absolute Gasteiger partial charge is 0.224 e. The highest BCUT2D eigenvalue weighted by atomic mass is 16.2. The molecule has 1 aromatic heterocycles. The highest BCUT2D eigenvalue weighted by Gasteiger charge is 2.22. The first-order valence-electron chi connectivity index (χ1n) is 9.73. The fourth-order valence-corrected chi connectivity index (χ4v) is 3.41. The molecule has 6 nitrogen and oxygen atoms in total. The maximum Gasteiger partial charge on any atom is 0.224 e. The standard InChI is InChI=1S/C21H29N5O/c1-4-22-21-23-17(3)15-19(24-21)25-10-12-26(13-11-25)20(27)9-8-18-7-5-6-16(2)14-18/h5-7,14-15H,4,8-13H2,1-3H3,(H,22,23,24). The SMILES string of the molecule is CCNc1nc(C)cc(N2CCN(C(=O)CCc3cccc(C)c3)CC2)n1. The van der Waals surface area contributed by atoms with Crippen molar-refractivity contribution < 1.29 is 4.79 Å². The highest BCUT2D eigenvalue weighted by molar-refractivity contribution is 5.76. The predicted octanol–water partition coefficient (Wildman–Crippen LogP) is 2.81.